The maximum absolute atomic E-state index is 12.6. The lowest BCUT2D eigenvalue weighted by atomic mass is 9.79. The van der Waals surface area contributed by atoms with E-state index in [2.05, 4.69) is 38.3 Å². The molecule has 0 radical (unpaired) electrons. The van der Waals surface area contributed by atoms with Gasteiger partial charge in [0.05, 0.1) is 16.6 Å². The largest absolute Gasteiger partial charge is 0.349 e. The Labute approximate surface area is 132 Å². The van der Waals surface area contributed by atoms with E-state index in [-0.39, 0.29) is 23.0 Å². The number of carbonyl (C=O) groups excluding carboxylic acids is 1. The number of hydrogen-bond acceptors (Lipinski definition) is 2. The standard InChI is InChI=1S/C17H26N2OS/c1-16(2)10-12(11-17(3,4)19-16)18-15(20)13-8-6-7-9-14(13)21-5/h6-9,12,19H,10-11H2,1-5H3,(H,18,20)/p+1. The molecule has 0 aromatic heterocycles. The van der Waals surface area contributed by atoms with E-state index >= 15 is 0 Å². The van der Waals surface area contributed by atoms with Crippen molar-refractivity contribution in [2.24, 2.45) is 0 Å². The van der Waals surface area contributed by atoms with Crippen LogP contribution >= 0.6 is 11.8 Å². The van der Waals surface area contributed by atoms with E-state index < -0.39 is 0 Å². The number of quaternary nitrogens is 1. The first-order chi connectivity index (χ1) is 9.72. The third-order valence-electron chi connectivity index (χ3n) is 4.01. The molecule has 1 aliphatic rings. The average Bonchev–Trinajstić information content (AvgIpc) is 2.34. The van der Waals surface area contributed by atoms with Gasteiger partial charge in [-0.1, -0.05) is 12.1 Å². The zero-order valence-electron chi connectivity index (χ0n) is 13.7. The smallest absolute Gasteiger partial charge is 0.252 e. The van der Waals surface area contributed by atoms with Crippen LogP contribution in [0.1, 0.15) is 50.9 Å². The minimum atomic E-state index is 0.0541. The van der Waals surface area contributed by atoms with Gasteiger partial charge in [-0.15, -0.1) is 11.8 Å². The van der Waals surface area contributed by atoms with E-state index in [4.69, 9.17) is 0 Å². The second-order valence-electron chi connectivity index (χ2n) is 7.40. The van der Waals surface area contributed by atoms with Crippen molar-refractivity contribution in [3.63, 3.8) is 0 Å². The van der Waals surface area contributed by atoms with Crippen LogP contribution in [0.5, 0.6) is 0 Å². The summed E-state index contributed by atoms with van der Waals surface area (Å²) in [5.41, 5.74) is 1.12. The highest BCUT2D eigenvalue weighted by Crippen LogP contribution is 2.24. The number of amides is 1. The van der Waals surface area contributed by atoms with Crippen molar-refractivity contribution in [3.05, 3.63) is 29.8 Å². The quantitative estimate of drug-likeness (QED) is 0.843. The SMILES string of the molecule is CSc1ccccc1C(=O)NC1CC(C)(C)[NH2+]C(C)(C)C1. The summed E-state index contributed by atoms with van der Waals surface area (Å²) in [6.45, 7) is 9.01. The van der Waals surface area contributed by atoms with E-state index in [1.807, 2.05) is 30.5 Å². The molecule has 3 nitrogen and oxygen atoms in total. The predicted molar refractivity (Wildman–Crippen MR) is 88.8 cm³/mol. The fourth-order valence-corrected chi connectivity index (χ4v) is 4.31. The van der Waals surface area contributed by atoms with E-state index in [1.54, 1.807) is 11.8 Å². The molecule has 1 aromatic rings. The van der Waals surface area contributed by atoms with Gasteiger partial charge in [-0.05, 0) is 46.1 Å². The van der Waals surface area contributed by atoms with Crippen molar-refractivity contribution in [1.29, 1.82) is 0 Å². The van der Waals surface area contributed by atoms with Crippen LogP contribution in [0.25, 0.3) is 0 Å². The third kappa shape index (κ3) is 4.24. The van der Waals surface area contributed by atoms with Gasteiger partial charge in [-0.2, -0.15) is 0 Å². The van der Waals surface area contributed by atoms with Crippen molar-refractivity contribution in [2.45, 2.75) is 62.6 Å². The second-order valence-corrected chi connectivity index (χ2v) is 8.25. The number of benzene rings is 1. The Morgan fingerprint density at radius 1 is 1.19 bits per heavy atom. The summed E-state index contributed by atoms with van der Waals surface area (Å²) in [6.07, 6.45) is 4.01. The predicted octanol–water partition coefficient (Wildman–Crippen LogP) is 2.42. The molecule has 1 aliphatic heterocycles. The van der Waals surface area contributed by atoms with Gasteiger partial charge in [0.2, 0.25) is 0 Å². The molecule has 21 heavy (non-hydrogen) atoms. The molecular weight excluding hydrogens is 280 g/mol. The maximum Gasteiger partial charge on any atom is 0.252 e. The van der Waals surface area contributed by atoms with Gasteiger partial charge < -0.3 is 10.6 Å². The Morgan fingerprint density at radius 2 is 1.76 bits per heavy atom. The van der Waals surface area contributed by atoms with Crippen LogP contribution in [0, 0.1) is 0 Å². The normalized spacial score (nSPS) is 21.0. The monoisotopic (exact) mass is 307 g/mol. The minimum absolute atomic E-state index is 0.0541. The topological polar surface area (TPSA) is 45.7 Å². The Morgan fingerprint density at radius 3 is 2.33 bits per heavy atom. The molecule has 0 atom stereocenters. The molecule has 0 bridgehead atoms. The molecular formula is C17H27N2OS+. The van der Waals surface area contributed by atoms with Crippen LogP contribution in [0.4, 0.5) is 0 Å². The molecule has 4 heteroatoms. The summed E-state index contributed by atoms with van der Waals surface area (Å²) >= 11 is 1.62. The van der Waals surface area contributed by atoms with Crippen LogP contribution in [-0.2, 0) is 0 Å². The van der Waals surface area contributed by atoms with Gasteiger partial charge in [0.1, 0.15) is 0 Å². The molecule has 0 saturated carbocycles. The number of hydrogen-bond donors (Lipinski definition) is 2. The van der Waals surface area contributed by atoms with Crippen molar-refractivity contribution in [1.82, 2.24) is 5.32 Å². The van der Waals surface area contributed by atoms with Crippen LogP contribution in [-0.4, -0.2) is 29.3 Å². The van der Waals surface area contributed by atoms with Crippen molar-refractivity contribution < 1.29 is 10.1 Å². The molecule has 0 aliphatic carbocycles. The van der Waals surface area contributed by atoms with Crippen LogP contribution in [0.15, 0.2) is 29.2 Å². The first-order valence-electron chi connectivity index (χ1n) is 7.53. The summed E-state index contributed by atoms with van der Waals surface area (Å²) in [5, 5.41) is 5.68. The molecule has 0 unspecified atom stereocenters. The number of thioether (sulfide) groups is 1. The van der Waals surface area contributed by atoms with Gasteiger partial charge in [-0.3, -0.25) is 4.79 Å². The fraction of sp³-hybridized carbons (Fsp3) is 0.588. The number of rotatable bonds is 3. The lowest BCUT2D eigenvalue weighted by Gasteiger charge is -2.43. The van der Waals surface area contributed by atoms with Gasteiger partial charge in [0.15, 0.2) is 0 Å². The number of nitrogens with two attached hydrogens (primary N) is 1. The maximum atomic E-state index is 12.6. The Balaban J connectivity index is 2.12. The summed E-state index contributed by atoms with van der Waals surface area (Å²) in [4.78, 5) is 13.6. The lowest BCUT2D eigenvalue weighted by Crippen LogP contribution is -3.06. The minimum Gasteiger partial charge on any atom is -0.349 e. The van der Waals surface area contributed by atoms with Gasteiger partial charge in [0, 0.05) is 23.8 Å². The lowest BCUT2D eigenvalue weighted by molar-refractivity contribution is -0.787. The van der Waals surface area contributed by atoms with Crippen molar-refractivity contribution in [3.8, 4) is 0 Å². The highest BCUT2D eigenvalue weighted by molar-refractivity contribution is 7.98. The molecule has 1 saturated heterocycles. The number of piperidine rings is 1. The molecule has 1 fully saturated rings. The summed E-state index contributed by atoms with van der Waals surface area (Å²) in [7, 11) is 0. The first-order valence-corrected chi connectivity index (χ1v) is 8.76. The number of nitrogens with one attached hydrogen (secondary N) is 1. The number of carbonyl (C=O) groups is 1. The summed E-state index contributed by atoms with van der Waals surface area (Å²) in [6, 6.07) is 8.05. The van der Waals surface area contributed by atoms with Crippen molar-refractivity contribution >= 4 is 17.7 Å². The van der Waals surface area contributed by atoms with Gasteiger partial charge in [0.25, 0.3) is 5.91 Å². The Bertz CT molecular complexity index is 509. The zero-order valence-corrected chi connectivity index (χ0v) is 14.5. The zero-order chi connectivity index (χ0) is 15.7. The third-order valence-corrected chi connectivity index (χ3v) is 4.81. The van der Waals surface area contributed by atoms with E-state index in [1.165, 1.54) is 0 Å². The Kier molecular flexibility index (Phi) is 4.69. The van der Waals surface area contributed by atoms with Crippen LogP contribution in [0.3, 0.4) is 0 Å². The van der Waals surface area contributed by atoms with E-state index in [0.717, 1.165) is 23.3 Å². The molecule has 1 amide bonds. The first kappa shape index (κ1) is 16.4. The molecule has 3 N–H and O–H groups in total. The molecule has 2 rings (SSSR count). The summed E-state index contributed by atoms with van der Waals surface area (Å²) < 4.78 is 0. The molecule has 1 heterocycles. The summed E-state index contributed by atoms with van der Waals surface area (Å²) in [5.74, 6) is 0.0541. The molecule has 0 spiro atoms. The van der Waals surface area contributed by atoms with Crippen molar-refractivity contribution in [2.75, 3.05) is 6.26 Å². The van der Waals surface area contributed by atoms with Gasteiger partial charge >= 0.3 is 0 Å². The highest BCUT2D eigenvalue weighted by Gasteiger charge is 2.42. The molecule has 116 valence electrons. The average molecular weight is 307 g/mol. The van der Waals surface area contributed by atoms with E-state index in [0.29, 0.717) is 0 Å². The second kappa shape index (κ2) is 6.01. The van der Waals surface area contributed by atoms with E-state index in [9.17, 15) is 4.79 Å². The van der Waals surface area contributed by atoms with Crippen LogP contribution in [0.2, 0.25) is 0 Å². The van der Waals surface area contributed by atoms with Gasteiger partial charge in [-0.25, -0.2) is 0 Å². The Hall–Kier alpha value is -1.00. The molecule has 1 aromatic carbocycles. The van der Waals surface area contributed by atoms with Crippen LogP contribution < -0.4 is 10.6 Å². The highest BCUT2D eigenvalue weighted by atomic mass is 32.2. The fourth-order valence-electron chi connectivity index (χ4n) is 3.72.